The average molecular weight is 239 g/mol. The topological polar surface area (TPSA) is 84.3 Å². The number of aromatic nitrogens is 2. The second kappa shape index (κ2) is 6.03. The largest absolute Gasteiger partial charge is 0.481 e. The Labute approximate surface area is 100 Å². The minimum absolute atomic E-state index is 0.282. The van der Waals surface area contributed by atoms with E-state index in [0.717, 1.165) is 5.69 Å². The Kier molecular flexibility index (Phi) is 4.68. The normalized spacial score (nSPS) is 11.9. The summed E-state index contributed by atoms with van der Waals surface area (Å²) < 4.78 is 5.27. The zero-order chi connectivity index (χ0) is 12.8. The van der Waals surface area contributed by atoms with Gasteiger partial charge in [0.1, 0.15) is 0 Å². The van der Waals surface area contributed by atoms with E-state index in [0.29, 0.717) is 18.4 Å². The molecular weight excluding hydrogens is 222 g/mol. The van der Waals surface area contributed by atoms with Crippen LogP contribution in [0.4, 0.5) is 5.95 Å². The number of hydrogen-bond donors (Lipinski definition) is 2. The molecule has 0 bridgehead atoms. The van der Waals surface area contributed by atoms with Crippen LogP contribution in [0.1, 0.15) is 19.5 Å². The quantitative estimate of drug-likeness (QED) is 0.778. The molecule has 6 nitrogen and oxygen atoms in total. The van der Waals surface area contributed by atoms with Gasteiger partial charge >= 0.3 is 5.97 Å². The number of carboxylic acid groups (broad SMARTS) is 1. The minimum Gasteiger partial charge on any atom is -0.481 e. The number of nitrogens with one attached hydrogen (secondary N) is 1. The van der Waals surface area contributed by atoms with E-state index in [2.05, 4.69) is 15.3 Å². The summed E-state index contributed by atoms with van der Waals surface area (Å²) in [5.74, 6) is -0.461. The number of carboxylic acids is 1. The molecule has 94 valence electrons. The lowest BCUT2D eigenvalue weighted by atomic mass is 10.2. The van der Waals surface area contributed by atoms with E-state index in [4.69, 9.17) is 9.84 Å². The van der Waals surface area contributed by atoms with Gasteiger partial charge in [0, 0.05) is 18.3 Å². The summed E-state index contributed by atoms with van der Waals surface area (Å²) in [6, 6.07) is 1.73. The van der Waals surface area contributed by atoms with E-state index in [1.165, 1.54) is 0 Å². The number of ether oxygens (including phenoxy) is 1. The Morgan fingerprint density at radius 1 is 1.59 bits per heavy atom. The predicted molar refractivity (Wildman–Crippen MR) is 63.2 cm³/mol. The van der Waals surface area contributed by atoms with Gasteiger partial charge < -0.3 is 15.2 Å². The predicted octanol–water partition coefficient (Wildman–Crippen LogP) is 1.32. The molecule has 0 aliphatic heterocycles. The molecule has 1 aromatic rings. The SMILES string of the molecule is CCOc1cc(C)nc(NCC(C)C(=O)O)n1. The zero-order valence-corrected chi connectivity index (χ0v) is 10.2. The fourth-order valence-corrected chi connectivity index (χ4v) is 1.17. The number of anilines is 1. The second-order valence-corrected chi connectivity index (χ2v) is 3.72. The van der Waals surface area contributed by atoms with Gasteiger partial charge in [0.15, 0.2) is 0 Å². The standard InChI is InChI=1S/C11H17N3O3/c1-4-17-9-5-8(3)13-11(14-9)12-6-7(2)10(15)16/h5,7H,4,6H2,1-3H3,(H,15,16)(H,12,13,14). The van der Waals surface area contributed by atoms with Crippen molar-refractivity contribution in [2.45, 2.75) is 20.8 Å². The van der Waals surface area contributed by atoms with Crippen molar-refractivity contribution in [2.75, 3.05) is 18.5 Å². The molecule has 0 aromatic carbocycles. The summed E-state index contributed by atoms with van der Waals surface area (Å²) in [4.78, 5) is 18.9. The van der Waals surface area contributed by atoms with Gasteiger partial charge in [0.2, 0.25) is 11.8 Å². The van der Waals surface area contributed by atoms with E-state index < -0.39 is 11.9 Å². The van der Waals surface area contributed by atoms with E-state index in [9.17, 15) is 4.79 Å². The van der Waals surface area contributed by atoms with Crippen LogP contribution < -0.4 is 10.1 Å². The smallest absolute Gasteiger partial charge is 0.308 e. The molecule has 6 heteroatoms. The van der Waals surface area contributed by atoms with Crippen LogP contribution in [-0.4, -0.2) is 34.2 Å². The number of hydrogen-bond acceptors (Lipinski definition) is 5. The molecule has 0 aliphatic carbocycles. The first-order chi connectivity index (χ1) is 8.02. The monoisotopic (exact) mass is 239 g/mol. The van der Waals surface area contributed by atoms with E-state index in [-0.39, 0.29) is 6.54 Å². The number of aryl methyl sites for hydroxylation is 1. The maximum Gasteiger partial charge on any atom is 0.308 e. The molecule has 2 N–H and O–H groups in total. The van der Waals surface area contributed by atoms with Gasteiger partial charge in [-0.1, -0.05) is 6.92 Å². The van der Waals surface area contributed by atoms with Gasteiger partial charge in [-0.15, -0.1) is 0 Å². The lowest BCUT2D eigenvalue weighted by Gasteiger charge is -2.10. The van der Waals surface area contributed by atoms with Gasteiger partial charge in [-0.2, -0.15) is 4.98 Å². The van der Waals surface area contributed by atoms with Crippen molar-refractivity contribution < 1.29 is 14.6 Å². The molecule has 1 rings (SSSR count). The lowest BCUT2D eigenvalue weighted by molar-refractivity contribution is -0.140. The van der Waals surface area contributed by atoms with Gasteiger partial charge in [-0.25, -0.2) is 4.98 Å². The molecule has 0 spiro atoms. The van der Waals surface area contributed by atoms with Crippen molar-refractivity contribution in [3.05, 3.63) is 11.8 Å². The highest BCUT2D eigenvalue weighted by Gasteiger charge is 2.11. The summed E-state index contributed by atoms with van der Waals surface area (Å²) in [6.45, 7) is 6.13. The molecule has 0 amide bonds. The van der Waals surface area contributed by atoms with Crippen LogP contribution in [-0.2, 0) is 4.79 Å². The van der Waals surface area contributed by atoms with Crippen LogP contribution >= 0.6 is 0 Å². The maximum atomic E-state index is 10.7. The average Bonchev–Trinajstić information content (AvgIpc) is 2.25. The number of rotatable bonds is 6. The van der Waals surface area contributed by atoms with Crippen molar-refractivity contribution in [1.29, 1.82) is 0 Å². The first kappa shape index (κ1) is 13.2. The molecule has 0 saturated heterocycles. The van der Waals surface area contributed by atoms with Crippen LogP contribution in [0.25, 0.3) is 0 Å². The van der Waals surface area contributed by atoms with Crippen molar-refractivity contribution in [2.24, 2.45) is 5.92 Å². The van der Waals surface area contributed by atoms with E-state index in [1.807, 2.05) is 13.8 Å². The third-order valence-corrected chi connectivity index (χ3v) is 2.11. The summed E-state index contributed by atoms with van der Waals surface area (Å²) in [7, 11) is 0. The third-order valence-electron chi connectivity index (χ3n) is 2.11. The maximum absolute atomic E-state index is 10.7. The van der Waals surface area contributed by atoms with Crippen molar-refractivity contribution in [1.82, 2.24) is 9.97 Å². The highest BCUT2D eigenvalue weighted by Crippen LogP contribution is 2.12. The first-order valence-electron chi connectivity index (χ1n) is 5.48. The highest BCUT2D eigenvalue weighted by molar-refractivity contribution is 5.70. The Hall–Kier alpha value is -1.85. The van der Waals surface area contributed by atoms with Crippen molar-refractivity contribution in [3.63, 3.8) is 0 Å². The molecule has 0 radical (unpaired) electrons. The van der Waals surface area contributed by atoms with Crippen molar-refractivity contribution >= 4 is 11.9 Å². The number of aliphatic carboxylic acids is 1. The van der Waals surface area contributed by atoms with Gasteiger partial charge in [0.05, 0.1) is 12.5 Å². The molecule has 0 aliphatic rings. The van der Waals surface area contributed by atoms with E-state index >= 15 is 0 Å². The van der Waals surface area contributed by atoms with Gasteiger partial charge in [-0.3, -0.25) is 4.79 Å². The Balaban J connectivity index is 2.67. The number of nitrogens with zero attached hydrogens (tertiary/aromatic N) is 2. The molecule has 1 atom stereocenters. The fourth-order valence-electron chi connectivity index (χ4n) is 1.17. The lowest BCUT2D eigenvalue weighted by Crippen LogP contribution is -2.20. The van der Waals surface area contributed by atoms with Crippen LogP contribution in [0.15, 0.2) is 6.07 Å². The van der Waals surface area contributed by atoms with E-state index in [1.54, 1.807) is 13.0 Å². The Morgan fingerprint density at radius 2 is 2.29 bits per heavy atom. The molecule has 1 aromatic heterocycles. The molecule has 0 fully saturated rings. The molecule has 1 heterocycles. The molecule has 1 unspecified atom stereocenters. The summed E-state index contributed by atoms with van der Waals surface area (Å²) in [5.41, 5.74) is 0.772. The van der Waals surface area contributed by atoms with Gasteiger partial charge in [-0.05, 0) is 13.8 Å². The van der Waals surface area contributed by atoms with Crippen LogP contribution in [0.5, 0.6) is 5.88 Å². The molecule has 0 saturated carbocycles. The highest BCUT2D eigenvalue weighted by atomic mass is 16.5. The minimum atomic E-state index is -0.852. The summed E-state index contributed by atoms with van der Waals surface area (Å²) >= 11 is 0. The first-order valence-corrected chi connectivity index (χ1v) is 5.48. The third kappa shape index (κ3) is 4.26. The summed E-state index contributed by atoms with van der Waals surface area (Å²) in [6.07, 6.45) is 0. The Morgan fingerprint density at radius 3 is 2.88 bits per heavy atom. The van der Waals surface area contributed by atoms with Gasteiger partial charge in [0.25, 0.3) is 0 Å². The molecule has 17 heavy (non-hydrogen) atoms. The summed E-state index contributed by atoms with van der Waals surface area (Å²) in [5, 5.41) is 11.6. The van der Waals surface area contributed by atoms with Crippen molar-refractivity contribution in [3.8, 4) is 5.88 Å². The molecular formula is C11H17N3O3. The van der Waals surface area contributed by atoms with Crippen LogP contribution in [0.3, 0.4) is 0 Å². The fraction of sp³-hybridized carbons (Fsp3) is 0.545. The van der Waals surface area contributed by atoms with Crippen LogP contribution in [0, 0.1) is 12.8 Å². The van der Waals surface area contributed by atoms with Crippen LogP contribution in [0.2, 0.25) is 0 Å². The Bertz CT molecular complexity index is 396. The second-order valence-electron chi connectivity index (χ2n) is 3.72. The number of carbonyl (C=O) groups is 1. The zero-order valence-electron chi connectivity index (χ0n) is 10.2.